The minimum atomic E-state index is -2.28. The van der Waals surface area contributed by atoms with Crippen LogP contribution >= 0.6 is 0 Å². The summed E-state index contributed by atoms with van der Waals surface area (Å²) in [7, 11) is 0. The lowest BCUT2D eigenvalue weighted by Gasteiger charge is -2.10. The van der Waals surface area contributed by atoms with Crippen LogP contribution in [-0.4, -0.2) is 33.7 Å². The van der Waals surface area contributed by atoms with Gasteiger partial charge in [0.25, 0.3) is 11.8 Å². The number of carbonyl (C=O) groups excluding carboxylic acids is 2. The third-order valence-corrected chi connectivity index (χ3v) is 10.9. The molecule has 0 saturated heterocycles. The van der Waals surface area contributed by atoms with Crippen molar-refractivity contribution in [1.82, 2.24) is 10.6 Å². The van der Waals surface area contributed by atoms with Gasteiger partial charge in [-0.05, 0) is 31.0 Å². The van der Waals surface area contributed by atoms with Crippen LogP contribution in [0.2, 0.25) is 0 Å². The Bertz CT molecular complexity index is 933. The molecule has 51 heavy (non-hydrogen) atoms. The van der Waals surface area contributed by atoms with Gasteiger partial charge in [0, 0.05) is 24.2 Å². The number of hydrogen-bond donors (Lipinski definition) is 3. The Morgan fingerprint density at radius 3 is 0.902 bits per heavy atom. The molecule has 1 aromatic rings. The maximum Gasteiger partial charge on any atom is 0.251 e. The number of carbonyl (C=O) groups is 2. The number of benzene rings is 1. The highest BCUT2D eigenvalue weighted by molar-refractivity contribution is 7.79. The molecule has 7 heteroatoms. The summed E-state index contributed by atoms with van der Waals surface area (Å²) in [4.78, 5) is 25.8. The molecule has 0 saturated carbocycles. The molecule has 0 aliphatic heterocycles. The van der Waals surface area contributed by atoms with Crippen molar-refractivity contribution in [3.8, 4) is 0 Å². The minimum Gasteiger partial charge on any atom is -0.352 e. The lowest BCUT2D eigenvalue weighted by Crippen LogP contribution is -2.27. The third kappa shape index (κ3) is 28.4. The molecule has 1 aromatic carbocycles. The largest absolute Gasteiger partial charge is 0.352 e. The molecular formula is C44H80N2O4S. The van der Waals surface area contributed by atoms with E-state index in [1.807, 2.05) is 0 Å². The average Bonchev–Trinajstić information content (AvgIpc) is 3.13. The van der Waals surface area contributed by atoms with Crippen molar-refractivity contribution in [3.05, 3.63) is 29.3 Å². The molecule has 0 fully saturated rings. The van der Waals surface area contributed by atoms with Gasteiger partial charge in [-0.15, -0.1) is 0 Å². The average molecular weight is 733 g/mol. The lowest BCUT2D eigenvalue weighted by molar-refractivity contribution is 0.0952. The van der Waals surface area contributed by atoms with Gasteiger partial charge in [0.1, 0.15) is 0 Å². The first-order valence-corrected chi connectivity index (χ1v) is 22.9. The van der Waals surface area contributed by atoms with Gasteiger partial charge < -0.3 is 15.2 Å². The van der Waals surface area contributed by atoms with Crippen LogP contribution < -0.4 is 10.6 Å². The smallest absolute Gasteiger partial charge is 0.251 e. The van der Waals surface area contributed by atoms with Gasteiger partial charge in [0.05, 0.1) is 4.90 Å². The molecular weight excluding hydrogens is 653 g/mol. The molecule has 0 bridgehead atoms. The molecule has 6 nitrogen and oxygen atoms in total. The zero-order valence-electron chi connectivity index (χ0n) is 33.4. The normalized spacial score (nSPS) is 11.9. The summed E-state index contributed by atoms with van der Waals surface area (Å²) >= 11 is -2.28. The number of hydrogen-bond acceptors (Lipinski definition) is 3. The highest BCUT2D eigenvalue weighted by atomic mass is 32.2. The highest BCUT2D eigenvalue weighted by Crippen LogP contribution is 2.17. The summed E-state index contributed by atoms with van der Waals surface area (Å²) in [5, 5.41) is 5.87. The fourth-order valence-corrected chi connectivity index (χ4v) is 7.37. The molecule has 3 N–H and O–H groups in total. The van der Waals surface area contributed by atoms with Crippen LogP contribution in [0.1, 0.15) is 240 Å². The van der Waals surface area contributed by atoms with Crippen molar-refractivity contribution in [2.24, 2.45) is 0 Å². The Morgan fingerprint density at radius 1 is 0.431 bits per heavy atom. The monoisotopic (exact) mass is 733 g/mol. The Labute approximate surface area is 317 Å². The van der Waals surface area contributed by atoms with Gasteiger partial charge >= 0.3 is 0 Å². The predicted molar refractivity (Wildman–Crippen MR) is 219 cm³/mol. The van der Waals surface area contributed by atoms with E-state index < -0.39 is 11.1 Å². The second-order valence-electron chi connectivity index (χ2n) is 15.1. The van der Waals surface area contributed by atoms with Gasteiger partial charge in [-0.25, -0.2) is 4.21 Å². The second-order valence-corrected chi connectivity index (χ2v) is 16.1. The SMILES string of the molecule is CCCCCCCCCCCCCCCCCCNC(=O)c1cc(C(=O)NCCCCCCCCCCCCCCCCCC)cc(S(=O)O)c1. The second kappa shape index (κ2) is 35.3. The third-order valence-electron chi connectivity index (χ3n) is 10.3. The molecule has 1 unspecified atom stereocenters. The van der Waals surface area contributed by atoms with E-state index in [0.717, 1.165) is 25.7 Å². The van der Waals surface area contributed by atoms with Gasteiger partial charge in [0.15, 0.2) is 11.1 Å². The Balaban J connectivity index is 2.12. The summed E-state index contributed by atoms with van der Waals surface area (Å²) in [6, 6.07) is 4.35. The van der Waals surface area contributed by atoms with Crippen LogP contribution in [0.25, 0.3) is 0 Å². The van der Waals surface area contributed by atoms with Gasteiger partial charge in [-0.3, -0.25) is 9.59 Å². The Hall–Kier alpha value is -1.73. The number of nitrogens with one attached hydrogen (secondary N) is 2. The molecule has 0 aliphatic rings. The molecule has 0 aromatic heterocycles. The highest BCUT2D eigenvalue weighted by Gasteiger charge is 2.15. The maximum atomic E-state index is 12.9. The Morgan fingerprint density at radius 2 is 0.667 bits per heavy atom. The molecule has 0 spiro atoms. The maximum absolute atomic E-state index is 12.9. The van der Waals surface area contributed by atoms with Crippen molar-refractivity contribution in [2.45, 2.75) is 224 Å². The summed E-state index contributed by atoms with van der Waals surface area (Å²) < 4.78 is 21.6. The van der Waals surface area contributed by atoms with Crippen molar-refractivity contribution in [1.29, 1.82) is 0 Å². The molecule has 2 amide bonds. The van der Waals surface area contributed by atoms with Crippen molar-refractivity contribution in [2.75, 3.05) is 13.1 Å². The van der Waals surface area contributed by atoms with E-state index in [0.29, 0.717) is 13.1 Å². The van der Waals surface area contributed by atoms with E-state index in [-0.39, 0.29) is 27.8 Å². The standard InChI is InChI=1S/C44H80N2O4S/c1-3-5-7-9-11-13-15-17-19-21-23-25-27-29-31-33-35-45-43(47)40-37-41(39-42(38-40)51(49)50)44(48)46-36-34-32-30-28-26-24-22-20-18-16-14-12-10-8-6-4-2/h37-39H,3-36H2,1-2H3,(H,45,47)(H,46,48)(H,49,50). The first kappa shape index (κ1) is 47.3. The molecule has 1 atom stereocenters. The van der Waals surface area contributed by atoms with Crippen LogP contribution in [-0.2, 0) is 11.1 Å². The van der Waals surface area contributed by atoms with Gasteiger partial charge in [-0.1, -0.05) is 206 Å². The number of amides is 2. The van der Waals surface area contributed by atoms with Crippen molar-refractivity contribution in [3.63, 3.8) is 0 Å². The van der Waals surface area contributed by atoms with E-state index in [1.165, 1.54) is 198 Å². The summed E-state index contributed by atoms with van der Waals surface area (Å²) in [5.74, 6) is -0.620. The molecule has 0 heterocycles. The summed E-state index contributed by atoms with van der Waals surface area (Å²) in [6.07, 6.45) is 41.7. The zero-order valence-corrected chi connectivity index (χ0v) is 34.2. The van der Waals surface area contributed by atoms with E-state index in [4.69, 9.17) is 0 Å². The van der Waals surface area contributed by atoms with Crippen LogP contribution in [0.4, 0.5) is 0 Å². The van der Waals surface area contributed by atoms with Gasteiger partial charge in [0.2, 0.25) is 0 Å². The number of rotatable bonds is 37. The van der Waals surface area contributed by atoms with Crippen LogP contribution in [0, 0.1) is 0 Å². The zero-order chi connectivity index (χ0) is 37.0. The molecule has 0 aliphatic carbocycles. The predicted octanol–water partition coefficient (Wildman–Crippen LogP) is 13.2. The first-order chi connectivity index (χ1) is 25.0. The van der Waals surface area contributed by atoms with E-state index >= 15 is 0 Å². The fourth-order valence-electron chi connectivity index (χ4n) is 6.92. The minimum absolute atomic E-state index is 0.0672. The quantitative estimate of drug-likeness (QED) is 0.0469. The first-order valence-electron chi connectivity index (χ1n) is 21.8. The van der Waals surface area contributed by atoms with E-state index in [2.05, 4.69) is 24.5 Å². The van der Waals surface area contributed by atoms with E-state index in [9.17, 15) is 18.4 Å². The molecule has 1 rings (SSSR count). The van der Waals surface area contributed by atoms with Crippen LogP contribution in [0.3, 0.4) is 0 Å². The lowest BCUT2D eigenvalue weighted by atomic mass is 10.0. The molecule has 0 radical (unpaired) electrons. The fraction of sp³-hybridized carbons (Fsp3) is 0.818. The number of unbranched alkanes of at least 4 members (excludes halogenated alkanes) is 30. The van der Waals surface area contributed by atoms with Gasteiger partial charge in [-0.2, -0.15) is 0 Å². The van der Waals surface area contributed by atoms with Crippen LogP contribution in [0.15, 0.2) is 23.1 Å². The Kier molecular flexibility index (Phi) is 32.7. The molecule has 296 valence electrons. The van der Waals surface area contributed by atoms with Crippen molar-refractivity contribution >= 4 is 22.9 Å². The van der Waals surface area contributed by atoms with Crippen LogP contribution in [0.5, 0.6) is 0 Å². The summed E-state index contributed by atoms with van der Waals surface area (Å²) in [6.45, 7) is 5.66. The topological polar surface area (TPSA) is 95.5 Å². The van der Waals surface area contributed by atoms with E-state index in [1.54, 1.807) is 0 Å². The van der Waals surface area contributed by atoms with Crippen molar-refractivity contribution < 1.29 is 18.4 Å². The summed E-state index contributed by atoms with van der Waals surface area (Å²) in [5.41, 5.74) is 0.498.